The molecular formula is C17H15ClN6O4S4. The van der Waals surface area contributed by atoms with Crippen molar-refractivity contribution in [3.05, 3.63) is 32.9 Å². The highest BCUT2D eigenvalue weighted by atomic mass is 35.5. The van der Waals surface area contributed by atoms with Crippen LogP contribution in [0.3, 0.4) is 0 Å². The maximum atomic E-state index is 12.8. The number of amides is 2. The molecular weight excluding hydrogens is 516 g/mol. The van der Waals surface area contributed by atoms with Crippen molar-refractivity contribution in [2.24, 2.45) is 0 Å². The van der Waals surface area contributed by atoms with Crippen LogP contribution in [-0.4, -0.2) is 65.9 Å². The summed E-state index contributed by atoms with van der Waals surface area (Å²) in [6.45, 7) is 1.84. The highest BCUT2D eigenvalue weighted by molar-refractivity contribution is 8.01. The first-order valence-electron chi connectivity index (χ1n) is 8.95. The van der Waals surface area contributed by atoms with E-state index in [1.165, 1.54) is 39.8 Å². The number of fused-ring (bicyclic) bond motifs is 1. The maximum Gasteiger partial charge on any atom is 0.352 e. The molecule has 4 N–H and O–H groups in total. The van der Waals surface area contributed by atoms with Gasteiger partial charge in [0.15, 0.2) is 9.47 Å². The topological polar surface area (TPSA) is 151 Å². The molecule has 2 aliphatic heterocycles. The van der Waals surface area contributed by atoms with Gasteiger partial charge in [-0.15, -0.1) is 33.3 Å². The summed E-state index contributed by atoms with van der Waals surface area (Å²) in [5.74, 6) is -1.47. The number of nitrogen functional groups attached to an aromatic ring is 1. The average Bonchev–Trinajstić information content (AvgIpc) is 3.38. The smallest absolute Gasteiger partial charge is 0.352 e. The van der Waals surface area contributed by atoms with Gasteiger partial charge < -0.3 is 16.2 Å². The highest BCUT2D eigenvalue weighted by Crippen LogP contribution is 2.42. The number of thiazole rings is 1. The zero-order valence-electron chi connectivity index (χ0n) is 16.3. The minimum atomic E-state index is -1.18. The molecule has 4 rings (SSSR count). The Kier molecular flexibility index (Phi) is 6.76. The Morgan fingerprint density at radius 1 is 1.47 bits per heavy atom. The van der Waals surface area contributed by atoms with Crippen molar-refractivity contribution in [2.75, 3.05) is 17.2 Å². The predicted molar refractivity (Wildman–Crippen MR) is 125 cm³/mol. The zero-order valence-corrected chi connectivity index (χ0v) is 20.3. The van der Waals surface area contributed by atoms with Gasteiger partial charge in [-0.05, 0) is 12.5 Å². The third-order valence-electron chi connectivity index (χ3n) is 4.57. The van der Waals surface area contributed by atoms with E-state index in [1.807, 2.05) is 6.92 Å². The number of hydrogen-bond donors (Lipinski definition) is 3. The van der Waals surface area contributed by atoms with Crippen molar-refractivity contribution in [2.45, 2.75) is 22.7 Å². The van der Waals surface area contributed by atoms with Crippen molar-refractivity contribution in [1.82, 2.24) is 25.4 Å². The molecule has 32 heavy (non-hydrogen) atoms. The van der Waals surface area contributed by atoms with Gasteiger partial charge in [-0.25, -0.2) is 9.78 Å². The van der Waals surface area contributed by atoms with Gasteiger partial charge in [0.25, 0.3) is 11.8 Å². The van der Waals surface area contributed by atoms with Gasteiger partial charge in [-0.1, -0.05) is 34.7 Å². The molecule has 1 unspecified atom stereocenters. The van der Waals surface area contributed by atoms with E-state index in [0.717, 1.165) is 26.2 Å². The first-order chi connectivity index (χ1) is 15.3. The van der Waals surface area contributed by atoms with E-state index < -0.39 is 29.2 Å². The van der Waals surface area contributed by atoms with E-state index in [-0.39, 0.29) is 16.4 Å². The third kappa shape index (κ3) is 4.37. The van der Waals surface area contributed by atoms with E-state index in [4.69, 9.17) is 17.3 Å². The number of carboxylic acid groups (broad SMARTS) is 1. The fourth-order valence-electron chi connectivity index (χ4n) is 3.13. The largest absolute Gasteiger partial charge is 0.477 e. The molecule has 168 valence electrons. The summed E-state index contributed by atoms with van der Waals surface area (Å²) in [6, 6.07) is -0.871. The van der Waals surface area contributed by atoms with Gasteiger partial charge in [0.1, 0.15) is 22.1 Å². The SMILES string of the molecule is Cc1nnc(SCC2=C(C(=O)O)N3C(=O)C(NC(=O)C(=CCl)c4csc(N)n4)[C@H]3SC2)s1. The molecule has 1 saturated heterocycles. The van der Waals surface area contributed by atoms with Crippen LogP contribution in [0.25, 0.3) is 5.57 Å². The molecule has 10 nitrogen and oxygen atoms in total. The summed E-state index contributed by atoms with van der Waals surface area (Å²) in [5.41, 5.74) is 7.64. The Bertz CT molecular complexity index is 1160. The van der Waals surface area contributed by atoms with Crippen LogP contribution in [-0.2, 0) is 14.4 Å². The fraction of sp³-hybridized carbons (Fsp3) is 0.294. The quantitative estimate of drug-likeness (QED) is 0.275. The number of halogens is 1. The lowest BCUT2D eigenvalue weighted by Crippen LogP contribution is -2.70. The van der Waals surface area contributed by atoms with Crippen LogP contribution in [0.4, 0.5) is 5.13 Å². The molecule has 1 fully saturated rings. The number of carboxylic acids is 1. The van der Waals surface area contributed by atoms with Crippen molar-refractivity contribution >= 4 is 86.3 Å². The second-order valence-corrected chi connectivity index (χ2v) is 11.2. The number of thioether (sulfide) groups is 2. The number of nitrogens with one attached hydrogen (secondary N) is 1. The lowest BCUT2D eigenvalue weighted by molar-refractivity contribution is -0.150. The van der Waals surface area contributed by atoms with Crippen LogP contribution in [0.2, 0.25) is 0 Å². The van der Waals surface area contributed by atoms with Crippen LogP contribution in [0.5, 0.6) is 0 Å². The van der Waals surface area contributed by atoms with Crippen molar-refractivity contribution in [1.29, 1.82) is 0 Å². The number of aryl methyl sites for hydroxylation is 1. The Labute approximate surface area is 203 Å². The predicted octanol–water partition coefficient (Wildman–Crippen LogP) is 2.00. The molecule has 0 aromatic carbocycles. The number of aromatic nitrogens is 3. The number of rotatable bonds is 7. The lowest BCUT2D eigenvalue weighted by Gasteiger charge is -2.49. The standard InChI is InChI=1S/C17H15ClN6O4S4/c1-6-22-23-17(32-6)31-4-7-3-29-14-10(13(26)24(14)11(7)15(27)28)21-12(25)8(2-18)9-5-30-16(19)20-9/h2,5,10,14H,3-4H2,1H3,(H2,19,20)(H,21,25)(H,27,28)/t10?,14-/m1/s1. The first kappa shape index (κ1) is 23.0. The number of carbonyl (C=O) groups is 3. The summed E-state index contributed by atoms with van der Waals surface area (Å²) in [4.78, 5) is 42.7. The molecule has 0 saturated carbocycles. The van der Waals surface area contributed by atoms with Gasteiger partial charge in [0.2, 0.25) is 0 Å². The second kappa shape index (κ2) is 9.39. The summed E-state index contributed by atoms with van der Waals surface area (Å²) in [5, 5.41) is 22.5. The fourth-order valence-corrected chi connectivity index (χ4v) is 7.21. The van der Waals surface area contributed by atoms with Gasteiger partial charge in [0, 0.05) is 22.4 Å². The number of carbonyl (C=O) groups excluding carboxylic acids is 2. The number of aliphatic carboxylic acids is 1. The molecule has 0 radical (unpaired) electrons. The lowest BCUT2D eigenvalue weighted by atomic mass is 10.0. The van der Waals surface area contributed by atoms with E-state index in [9.17, 15) is 19.5 Å². The number of β-lactam (4-membered cyclic amide) rings is 1. The Morgan fingerprint density at radius 2 is 2.25 bits per heavy atom. The van der Waals surface area contributed by atoms with Gasteiger partial charge in [0.05, 0.1) is 11.3 Å². The van der Waals surface area contributed by atoms with Crippen LogP contribution < -0.4 is 11.1 Å². The molecule has 0 spiro atoms. The minimum Gasteiger partial charge on any atom is -0.477 e. The van der Waals surface area contributed by atoms with Gasteiger partial charge >= 0.3 is 5.97 Å². The molecule has 0 aliphatic carbocycles. The zero-order chi connectivity index (χ0) is 23.0. The summed E-state index contributed by atoms with van der Waals surface area (Å²) >= 11 is 11.2. The van der Waals surface area contributed by atoms with Crippen LogP contribution in [0, 0.1) is 6.92 Å². The molecule has 0 bridgehead atoms. The normalized spacial score (nSPS) is 20.8. The Balaban J connectivity index is 1.48. The summed E-state index contributed by atoms with van der Waals surface area (Å²) in [7, 11) is 0. The number of nitrogens with zero attached hydrogens (tertiary/aromatic N) is 4. The van der Waals surface area contributed by atoms with Gasteiger partial charge in [-0.2, -0.15) is 0 Å². The van der Waals surface area contributed by atoms with E-state index in [2.05, 4.69) is 20.5 Å². The van der Waals surface area contributed by atoms with Crippen LogP contribution >= 0.6 is 57.8 Å². The Hall–Kier alpha value is -2.13. The molecule has 2 aromatic heterocycles. The average molecular weight is 531 g/mol. The van der Waals surface area contributed by atoms with Crippen molar-refractivity contribution in [3.63, 3.8) is 0 Å². The number of nitrogens with two attached hydrogens (primary N) is 1. The Morgan fingerprint density at radius 3 is 2.84 bits per heavy atom. The molecule has 4 heterocycles. The monoisotopic (exact) mass is 530 g/mol. The van der Waals surface area contributed by atoms with E-state index in [1.54, 1.807) is 5.38 Å². The second-order valence-electron chi connectivity index (χ2n) is 6.59. The highest BCUT2D eigenvalue weighted by Gasteiger charge is 2.54. The van der Waals surface area contributed by atoms with E-state index >= 15 is 0 Å². The molecule has 2 atom stereocenters. The summed E-state index contributed by atoms with van der Waals surface area (Å²) in [6.07, 6.45) is 0. The van der Waals surface area contributed by atoms with Gasteiger partial charge in [-0.3, -0.25) is 14.5 Å². The maximum absolute atomic E-state index is 12.8. The number of anilines is 1. The molecule has 15 heteroatoms. The van der Waals surface area contributed by atoms with Crippen molar-refractivity contribution < 1.29 is 19.5 Å². The first-order valence-corrected chi connectivity index (χ1v) is 13.1. The minimum absolute atomic E-state index is 0.0432. The van der Waals surface area contributed by atoms with Crippen LogP contribution in [0.1, 0.15) is 10.7 Å². The van der Waals surface area contributed by atoms with Crippen LogP contribution in [0.15, 0.2) is 26.5 Å². The third-order valence-corrected chi connectivity index (χ3v) is 8.86. The molecule has 2 amide bonds. The molecule has 2 aromatic rings. The van der Waals surface area contributed by atoms with Crippen molar-refractivity contribution in [3.8, 4) is 0 Å². The molecule has 2 aliphatic rings. The van der Waals surface area contributed by atoms with E-state index in [0.29, 0.717) is 22.8 Å². The summed E-state index contributed by atoms with van der Waals surface area (Å²) < 4.78 is 0.731. The number of hydrogen-bond acceptors (Lipinski definition) is 11.